The Balaban J connectivity index is 3.83. The molecule has 52 valence electrons. The first-order chi connectivity index (χ1) is 4.16. The van der Waals surface area contributed by atoms with Crippen molar-refractivity contribution in [2.45, 2.75) is 13.8 Å². The summed E-state index contributed by atoms with van der Waals surface area (Å²) in [5.41, 5.74) is 6.51. The fourth-order valence-corrected chi connectivity index (χ4v) is 0.405. The number of nitrogens with two attached hydrogens (primary N) is 1. The first-order valence-electron chi connectivity index (χ1n) is 2.90. The van der Waals surface area contributed by atoms with Gasteiger partial charge in [0.2, 0.25) is 0 Å². The van der Waals surface area contributed by atoms with Gasteiger partial charge in [0.15, 0.2) is 0 Å². The molecule has 2 N–H and O–H groups in total. The van der Waals surface area contributed by atoms with Gasteiger partial charge in [-0.1, -0.05) is 17.7 Å². The summed E-state index contributed by atoms with van der Waals surface area (Å²) in [6, 6.07) is 0. The summed E-state index contributed by atoms with van der Waals surface area (Å²) >= 11 is 4.09. The zero-order chi connectivity index (χ0) is 7.28. The summed E-state index contributed by atoms with van der Waals surface area (Å²) < 4.78 is 0. The van der Waals surface area contributed by atoms with E-state index in [1.165, 1.54) is 5.57 Å². The minimum absolute atomic E-state index is 0.623. The smallest absolute Gasteiger partial charge is 0.0137 e. The molecule has 0 saturated heterocycles. The van der Waals surface area contributed by atoms with E-state index in [4.69, 9.17) is 5.73 Å². The zero-order valence-electron chi connectivity index (χ0n) is 5.89. The SMILES string of the molecule is CC(S)=C/C=C(\C)CN. The van der Waals surface area contributed by atoms with E-state index in [0.29, 0.717) is 6.54 Å². The molecule has 0 aliphatic carbocycles. The Hall–Kier alpha value is -0.210. The number of allylic oxidation sites excluding steroid dienone is 3. The molecule has 1 nitrogen and oxygen atoms in total. The Bertz CT molecular complexity index is 132. The van der Waals surface area contributed by atoms with E-state index in [1.54, 1.807) is 0 Å². The molecule has 0 fully saturated rings. The van der Waals surface area contributed by atoms with Crippen LogP contribution >= 0.6 is 12.6 Å². The molecule has 0 aromatic carbocycles. The lowest BCUT2D eigenvalue weighted by Crippen LogP contribution is -1.98. The summed E-state index contributed by atoms with van der Waals surface area (Å²) in [4.78, 5) is 1.00. The molecule has 0 amide bonds. The second kappa shape index (κ2) is 4.65. The average molecular weight is 143 g/mol. The van der Waals surface area contributed by atoms with Crippen LogP contribution < -0.4 is 5.73 Å². The van der Waals surface area contributed by atoms with Crippen molar-refractivity contribution in [2.75, 3.05) is 6.54 Å². The molecule has 0 aliphatic rings. The predicted octanol–water partition coefficient (Wildman–Crippen LogP) is 1.72. The topological polar surface area (TPSA) is 26.0 Å². The Morgan fingerprint density at radius 2 is 2.00 bits per heavy atom. The quantitative estimate of drug-likeness (QED) is 0.447. The van der Waals surface area contributed by atoms with E-state index >= 15 is 0 Å². The molecule has 2 heteroatoms. The lowest BCUT2D eigenvalue weighted by molar-refractivity contribution is 1.14. The van der Waals surface area contributed by atoms with Crippen molar-refractivity contribution < 1.29 is 0 Å². The van der Waals surface area contributed by atoms with Crippen molar-refractivity contribution >= 4 is 12.6 Å². The summed E-state index contributed by atoms with van der Waals surface area (Å²) in [5.74, 6) is 0. The maximum absolute atomic E-state index is 5.34. The number of hydrogen-bond donors (Lipinski definition) is 2. The van der Waals surface area contributed by atoms with Gasteiger partial charge >= 0.3 is 0 Å². The monoisotopic (exact) mass is 143 g/mol. The van der Waals surface area contributed by atoms with E-state index in [1.807, 2.05) is 26.0 Å². The van der Waals surface area contributed by atoms with Crippen LogP contribution in [0.15, 0.2) is 22.6 Å². The van der Waals surface area contributed by atoms with Crippen molar-refractivity contribution in [3.8, 4) is 0 Å². The molecule has 0 aromatic rings. The van der Waals surface area contributed by atoms with E-state index in [9.17, 15) is 0 Å². The van der Waals surface area contributed by atoms with Gasteiger partial charge in [-0.25, -0.2) is 0 Å². The van der Waals surface area contributed by atoms with E-state index in [-0.39, 0.29) is 0 Å². The normalized spacial score (nSPS) is 14.2. The summed E-state index contributed by atoms with van der Waals surface area (Å²) in [7, 11) is 0. The highest BCUT2D eigenvalue weighted by Crippen LogP contribution is 1.98. The van der Waals surface area contributed by atoms with Gasteiger partial charge in [0.05, 0.1) is 0 Å². The van der Waals surface area contributed by atoms with Crippen LogP contribution in [0.25, 0.3) is 0 Å². The molecule has 0 aromatic heterocycles. The Morgan fingerprint density at radius 1 is 1.44 bits per heavy atom. The fraction of sp³-hybridized carbons (Fsp3) is 0.429. The highest BCUT2D eigenvalue weighted by atomic mass is 32.1. The zero-order valence-corrected chi connectivity index (χ0v) is 6.78. The van der Waals surface area contributed by atoms with Crippen LogP contribution in [0.2, 0.25) is 0 Å². The van der Waals surface area contributed by atoms with Crippen LogP contribution in [0.5, 0.6) is 0 Å². The average Bonchev–Trinajstić information content (AvgIpc) is 1.83. The van der Waals surface area contributed by atoms with Crippen molar-refractivity contribution in [1.82, 2.24) is 0 Å². The predicted molar refractivity (Wildman–Crippen MR) is 45.6 cm³/mol. The third-order valence-electron chi connectivity index (χ3n) is 0.931. The number of hydrogen-bond acceptors (Lipinski definition) is 2. The lowest BCUT2D eigenvalue weighted by Gasteiger charge is -1.89. The maximum atomic E-state index is 5.34. The largest absolute Gasteiger partial charge is 0.327 e. The number of thiol groups is 1. The van der Waals surface area contributed by atoms with E-state index in [2.05, 4.69) is 12.6 Å². The molecular weight excluding hydrogens is 130 g/mol. The second-order valence-corrected chi connectivity index (χ2v) is 2.73. The maximum Gasteiger partial charge on any atom is 0.0137 e. The minimum Gasteiger partial charge on any atom is -0.327 e. The van der Waals surface area contributed by atoms with Gasteiger partial charge in [0.25, 0.3) is 0 Å². The van der Waals surface area contributed by atoms with Crippen molar-refractivity contribution in [3.63, 3.8) is 0 Å². The molecule has 0 bridgehead atoms. The molecule has 0 spiro atoms. The van der Waals surface area contributed by atoms with Gasteiger partial charge in [0, 0.05) is 6.54 Å². The van der Waals surface area contributed by atoms with Crippen LogP contribution in [0.3, 0.4) is 0 Å². The second-order valence-electron chi connectivity index (χ2n) is 2.03. The van der Waals surface area contributed by atoms with Gasteiger partial charge in [-0.2, -0.15) is 0 Å². The highest BCUT2D eigenvalue weighted by molar-refractivity contribution is 7.84. The third kappa shape index (κ3) is 5.66. The minimum atomic E-state index is 0.623. The standard InChI is InChI=1S/C7H13NS/c1-6(5-8)3-4-7(2)9/h3-4,9H,5,8H2,1-2H3/b6-3+,7-4?. The van der Waals surface area contributed by atoms with Crippen LogP contribution in [0.4, 0.5) is 0 Å². The molecule has 0 rings (SSSR count). The molecule has 0 saturated carbocycles. The van der Waals surface area contributed by atoms with Gasteiger partial charge in [-0.15, -0.1) is 12.6 Å². The molecular formula is C7H13NS. The van der Waals surface area contributed by atoms with Crippen LogP contribution in [0, 0.1) is 0 Å². The fourth-order valence-electron chi connectivity index (χ4n) is 0.331. The molecule has 0 aliphatic heterocycles. The number of rotatable bonds is 2. The molecule has 0 heterocycles. The molecule has 0 unspecified atom stereocenters. The van der Waals surface area contributed by atoms with Gasteiger partial charge < -0.3 is 5.73 Å². The van der Waals surface area contributed by atoms with Crippen LogP contribution in [-0.4, -0.2) is 6.54 Å². The lowest BCUT2D eigenvalue weighted by atomic mass is 10.3. The Kier molecular flexibility index (Phi) is 4.54. The molecule has 9 heavy (non-hydrogen) atoms. The summed E-state index contributed by atoms with van der Waals surface area (Å²) in [6.45, 7) is 4.55. The van der Waals surface area contributed by atoms with Crippen molar-refractivity contribution in [3.05, 3.63) is 22.6 Å². The first kappa shape index (κ1) is 8.79. The van der Waals surface area contributed by atoms with Crippen molar-refractivity contribution in [1.29, 1.82) is 0 Å². The summed E-state index contributed by atoms with van der Waals surface area (Å²) in [6.07, 6.45) is 3.91. The van der Waals surface area contributed by atoms with E-state index in [0.717, 1.165) is 4.91 Å². The third-order valence-corrected chi connectivity index (χ3v) is 1.08. The highest BCUT2D eigenvalue weighted by Gasteiger charge is 1.78. The molecule has 0 atom stereocenters. The van der Waals surface area contributed by atoms with Gasteiger partial charge in [-0.05, 0) is 18.8 Å². The van der Waals surface area contributed by atoms with Crippen LogP contribution in [0.1, 0.15) is 13.8 Å². The Labute approximate surface area is 62.0 Å². The van der Waals surface area contributed by atoms with Crippen molar-refractivity contribution in [2.24, 2.45) is 5.73 Å². The van der Waals surface area contributed by atoms with Crippen LogP contribution in [-0.2, 0) is 0 Å². The Morgan fingerprint density at radius 3 is 2.33 bits per heavy atom. The first-order valence-corrected chi connectivity index (χ1v) is 3.34. The van der Waals surface area contributed by atoms with Gasteiger partial charge in [-0.3, -0.25) is 0 Å². The van der Waals surface area contributed by atoms with Gasteiger partial charge in [0.1, 0.15) is 0 Å². The summed E-state index contributed by atoms with van der Waals surface area (Å²) in [5, 5.41) is 0. The van der Waals surface area contributed by atoms with E-state index < -0.39 is 0 Å². The molecule has 0 radical (unpaired) electrons.